The molecule has 1 aliphatic rings. The van der Waals surface area contributed by atoms with Gasteiger partial charge in [-0.3, -0.25) is 9.59 Å². The lowest BCUT2D eigenvalue weighted by atomic mass is 9.87. The van der Waals surface area contributed by atoms with Gasteiger partial charge in [0.15, 0.2) is 11.5 Å². The van der Waals surface area contributed by atoms with Crippen LogP contribution in [0.2, 0.25) is 0 Å². The van der Waals surface area contributed by atoms with Crippen molar-refractivity contribution in [2.75, 3.05) is 18.2 Å². The van der Waals surface area contributed by atoms with E-state index in [-0.39, 0.29) is 24.0 Å². The molecule has 0 radical (unpaired) electrons. The van der Waals surface area contributed by atoms with Gasteiger partial charge in [0.1, 0.15) is 6.61 Å². The van der Waals surface area contributed by atoms with Crippen LogP contribution in [-0.4, -0.2) is 24.7 Å². The Morgan fingerprint density at radius 3 is 2.59 bits per heavy atom. The summed E-state index contributed by atoms with van der Waals surface area (Å²) < 4.78 is 12.4. The van der Waals surface area contributed by atoms with Gasteiger partial charge in [-0.1, -0.05) is 64.1 Å². The van der Waals surface area contributed by atoms with Gasteiger partial charge in [0, 0.05) is 22.5 Å². The highest BCUT2D eigenvalue weighted by atomic mass is 79.9. The van der Waals surface area contributed by atoms with E-state index in [0.29, 0.717) is 34.4 Å². The third-order valence-corrected chi connectivity index (χ3v) is 7.20. The number of anilines is 1. The first-order valence-corrected chi connectivity index (χ1v) is 13.2. The number of allylic oxidation sites excluding steroid dienone is 1. The SMILES string of the molecule is COc1ccc([C@@H]2CC(=O)NC(SCC(=O)Nc3ccc(Br)cc3)=C2C#N)cc1OCc1ccccc1. The number of hydrogen-bond donors (Lipinski definition) is 2. The second-order valence-electron chi connectivity index (χ2n) is 8.19. The van der Waals surface area contributed by atoms with Gasteiger partial charge in [0.05, 0.1) is 29.5 Å². The number of nitrogens with one attached hydrogen (secondary N) is 2. The maximum absolute atomic E-state index is 12.6. The molecule has 0 spiro atoms. The highest BCUT2D eigenvalue weighted by Gasteiger charge is 2.30. The van der Waals surface area contributed by atoms with Gasteiger partial charge in [-0.25, -0.2) is 0 Å². The van der Waals surface area contributed by atoms with Gasteiger partial charge < -0.3 is 20.1 Å². The van der Waals surface area contributed by atoms with E-state index in [1.54, 1.807) is 25.3 Å². The van der Waals surface area contributed by atoms with Gasteiger partial charge in [-0.15, -0.1) is 0 Å². The summed E-state index contributed by atoms with van der Waals surface area (Å²) in [5.74, 6) is 0.187. The lowest BCUT2D eigenvalue weighted by Gasteiger charge is -2.25. The number of hydrogen-bond acceptors (Lipinski definition) is 6. The summed E-state index contributed by atoms with van der Waals surface area (Å²) in [5.41, 5.74) is 2.83. The summed E-state index contributed by atoms with van der Waals surface area (Å²) >= 11 is 4.49. The van der Waals surface area contributed by atoms with E-state index in [4.69, 9.17) is 9.47 Å². The fourth-order valence-electron chi connectivity index (χ4n) is 3.84. The Balaban J connectivity index is 1.52. The molecule has 0 saturated carbocycles. The first-order valence-electron chi connectivity index (χ1n) is 11.4. The van der Waals surface area contributed by atoms with Gasteiger partial charge in [-0.2, -0.15) is 5.26 Å². The molecule has 1 heterocycles. The Morgan fingerprint density at radius 1 is 1.14 bits per heavy atom. The van der Waals surface area contributed by atoms with E-state index in [9.17, 15) is 14.9 Å². The number of ether oxygens (including phenoxy) is 2. The number of benzene rings is 3. The molecule has 0 unspecified atom stereocenters. The maximum atomic E-state index is 12.6. The number of thioether (sulfide) groups is 1. The van der Waals surface area contributed by atoms with Crippen LogP contribution in [0.25, 0.3) is 0 Å². The summed E-state index contributed by atoms with van der Waals surface area (Å²) in [6.45, 7) is 0.349. The molecule has 2 N–H and O–H groups in total. The van der Waals surface area contributed by atoms with Crippen molar-refractivity contribution >= 4 is 45.2 Å². The summed E-state index contributed by atoms with van der Waals surface area (Å²) in [6.07, 6.45) is 0.114. The molecule has 0 fully saturated rings. The molecular weight excluding hydrogens is 554 g/mol. The van der Waals surface area contributed by atoms with Gasteiger partial charge in [0.2, 0.25) is 11.8 Å². The van der Waals surface area contributed by atoms with Crippen LogP contribution < -0.4 is 20.1 Å². The summed E-state index contributed by atoms with van der Waals surface area (Å²) in [7, 11) is 1.56. The first kappa shape index (κ1) is 26.3. The Bertz CT molecular complexity index is 1350. The Kier molecular flexibility index (Phi) is 8.88. The number of nitriles is 1. The van der Waals surface area contributed by atoms with E-state index >= 15 is 0 Å². The summed E-state index contributed by atoms with van der Waals surface area (Å²) in [4.78, 5) is 25.1. The van der Waals surface area contributed by atoms with Crippen molar-refractivity contribution in [1.29, 1.82) is 5.26 Å². The highest BCUT2D eigenvalue weighted by molar-refractivity contribution is 9.10. The van der Waals surface area contributed by atoms with Crippen LogP contribution >= 0.6 is 27.7 Å². The molecule has 1 atom stereocenters. The smallest absolute Gasteiger partial charge is 0.234 e. The molecule has 0 aromatic heterocycles. The van der Waals surface area contributed by atoms with Crippen molar-refractivity contribution in [2.45, 2.75) is 18.9 Å². The van der Waals surface area contributed by atoms with Crippen molar-refractivity contribution in [2.24, 2.45) is 0 Å². The molecule has 7 nitrogen and oxygen atoms in total. The van der Waals surface area contributed by atoms with Crippen LogP contribution in [0.15, 0.2) is 87.9 Å². The zero-order valence-corrected chi connectivity index (χ0v) is 22.4. The fourth-order valence-corrected chi connectivity index (χ4v) is 4.99. The van der Waals surface area contributed by atoms with Crippen molar-refractivity contribution < 1.29 is 19.1 Å². The fraction of sp³-hybridized carbons (Fsp3) is 0.179. The molecule has 0 saturated heterocycles. The quantitative estimate of drug-likeness (QED) is 0.336. The Morgan fingerprint density at radius 2 is 1.89 bits per heavy atom. The van der Waals surface area contributed by atoms with Crippen LogP contribution in [0, 0.1) is 11.3 Å². The molecule has 1 aliphatic heterocycles. The average molecular weight is 578 g/mol. The predicted octanol–water partition coefficient (Wildman–Crippen LogP) is 5.75. The van der Waals surface area contributed by atoms with Crippen LogP contribution in [0.5, 0.6) is 11.5 Å². The molecule has 9 heteroatoms. The minimum atomic E-state index is -0.472. The second-order valence-corrected chi connectivity index (χ2v) is 10.1. The molecular formula is C28H24BrN3O4S. The van der Waals surface area contributed by atoms with Gasteiger partial charge in [-0.05, 0) is 47.5 Å². The molecule has 188 valence electrons. The van der Waals surface area contributed by atoms with Crippen LogP contribution in [-0.2, 0) is 16.2 Å². The standard InChI is InChI=1S/C28H24BrN3O4S/c1-35-24-12-7-19(13-25(24)36-16-18-5-3-2-4-6-18)22-14-26(33)32-28(23(22)15-30)37-17-27(34)31-21-10-8-20(29)9-11-21/h2-13,22H,14,16-17H2,1H3,(H,31,34)(H,32,33)/t22-/m0/s1. The zero-order chi connectivity index (χ0) is 26.2. The van der Waals surface area contributed by atoms with Crippen molar-refractivity contribution in [3.8, 4) is 17.6 Å². The molecule has 2 amide bonds. The number of amides is 2. The first-order chi connectivity index (χ1) is 18.0. The number of nitrogens with zero attached hydrogens (tertiary/aromatic N) is 1. The van der Waals surface area contributed by atoms with Crippen molar-refractivity contribution in [3.63, 3.8) is 0 Å². The molecule has 3 aromatic rings. The molecule has 0 bridgehead atoms. The number of carbonyl (C=O) groups excluding carboxylic acids is 2. The van der Waals surface area contributed by atoms with Crippen molar-refractivity contribution in [3.05, 3.63) is 99.0 Å². The third kappa shape index (κ3) is 6.94. The van der Waals surface area contributed by atoms with Crippen LogP contribution in [0.3, 0.4) is 0 Å². The maximum Gasteiger partial charge on any atom is 0.234 e. The lowest BCUT2D eigenvalue weighted by molar-refractivity contribution is -0.121. The number of methoxy groups -OCH3 is 1. The third-order valence-electron chi connectivity index (χ3n) is 5.66. The molecule has 4 rings (SSSR count). The second kappa shape index (κ2) is 12.5. The molecule has 3 aromatic carbocycles. The van der Waals surface area contributed by atoms with Crippen LogP contribution in [0.1, 0.15) is 23.5 Å². The van der Waals surface area contributed by atoms with Crippen LogP contribution in [0.4, 0.5) is 5.69 Å². The normalized spacial score (nSPS) is 14.9. The number of rotatable bonds is 9. The minimum Gasteiger partial charge on any atom is -0.493 e. The average Bonchev–Trinajstić information content (AvgIpc) is 2.92. The largest absolute Gasteiger partial charge is 0.493 e. The van der Waals surface area contributed by atoms with E-state index in [1.165, 1.54) is 0 Å². The predicted molar refractivity (Wildman–Crippen MR) is 147 cm³/mol. The van der Waals surface area contributed by atoms with E-state index in [1.807, 2.05) is 54.6 Å². The Labute approximate surface area is 228 Å². The van der Waals surface area contributed by atoms with Crippen molar-refractivity contribution in [1.82, 2.24) is 5.32 Å². The minimum absolute atomic E-state index is 0.0393. The van der Waals surface area contributed by atoms with Gasteiger partial charge >= 0.3 is 0 Å². The molecule has 37 heavy (non-hydrogen) atoms. The Hall–Kier alpha value is -3.74. The number of halogens is 1. The van der Waals surface area contributed by atoms with E-state index in [0.717, 1.165) is 27.4 Å². The monoisotopic (exact) mass is 577 g/mol. The highest BCUT2D eigenvalue weighted by Crippen LogP contribution is 2.39. The zero-order valence-electron chi connectivity index (χ0n) is 20.0. The topological polar surface area (TPSA) is 100 Å². The summed E-state index contributed by atoms with van der Waals surface area (Å²) in [5, 5.41) is 16.0. The van der Waals surface area contributed by atoms with Gasteiger partial charge in [0.25, 0.3) is 0 Å². The number of carbonyl (C=O) groups is 2. The molecule has 0 aliphatic carbocycles. The summed E-state index contributed by atoms with van der Waals surface area (Å²) in [6, 6.07) is 24.6. The van der Waals surface area contributed by atoms with E-state index < -0.39 is 5.92 Å². The lowest BCUT2D eigenvalue weighted by Crippen LogP contribution is -2.31. The van der Waals surface area contributed by atoms with E-state index in [2.05, 4.69) is 32.6 Å².